The van der Waals surface area contributed by atoms with Gasteiger partial charge in [-0.1, -0.05) is 11.6 Å². The zero-order valence-electron chi connectivity index (χ0n) is 9.66. The predicted octanol–water partition coefficient (Wildman–Crippen LogP) is 2.15. The lowest BCUT2D eigenvalue weighted by molar-refractivity contribution is -0.120. The van der Waals surface area contributed by atoms with Gasteiger partial charge in [0.25, 0.3) is 0 Å². The van der Waals surface area contributed by atoms with Gasteiger partial charge in [0, 0.05) is 18.0 Å². The predicted molar refractivity (Wildman–Crippen MR) is 68.3 cm³/mol. The number of carbonyl (C=O) groups is 1. The van der Waals surface area contributed by atoms with Crippen molar-refractivity contribution in [3.8, 4) is 0 Å². The molecule has 4 nitrogen and oxygen atoms in total. The molecule has 0 spiro atoms. The summed E-state index contributed by atoms with van der Waals surface area (Å²) >= 11 is 7.20. The number of aromatic nitrogens is 1. The Bertz CT molecular complexity index is 354. The van der Waals surface area contributed by atoms with E-state index in [1.807, 2.05) is 25.7 Å². The molecule has 1 amide bonds. The lowest BCUT2D eigenvalue weighted by atomic mass is 10.4. The molecule has 1 heterocycles. The second-order valence-electron chi connectivity index (χ2n) is 3.69. The van der Waals surface area contributed by atoms with Gasteiger partial charge in [0.05, 0.1) is 6.54 Å². The first-order chi connectivity index (χ1) is 7.52. The Labute approximate surface area is 105 Å². The van der Waals surface area contributed by atoms with Crippen LogP contribution in [0.5, 0.6) is 0 Å². The zero-order valence-corrected chi connectivity index (χ0v) is 11.2. The van der Waals surface area contributed by atoms with Crippen LogP contribution in [0.2, 0.25) is 5.15 Å². The van der Waals surface area contributed by atoms with Gasteiger partial charge in [-0.25, -0.2) is 4.98 Å². The highest BCUT2D eigenvalue weighted by Crippen LogP contribution is 2.22. The monoisotopic (exact) mass is 261 g/mol. The third-order valence-electron chi connectivity index (χ3n) is 1.90. The van der Waals surface area contributed by atoms with Crippen molar-refractivity contribution >= 4 is 34.0 Å². The maximum absolute atomic E-state index is 11.6. The van der Waals surface area contributed by atoms with Crippen molar-refractivity contribution in [3.05, 3.63) is 10.5 Å². The lowest BCUT2D eigenvalue weighted by Crippen LogP contribution is -2.40. The molecule has 0 atom stereocenters. The standard InChI is InChI=1S/C10H16ClN3OS/c1-4-14(5-9(15)12-7(2)3)10-13-8(11)6-16-10/h6-7H,4-5H2,1-3H3,(H,12,15). The Balaban J connectivity index is 2.59. The highest BCUT2D eigenvalue weighted by atomic mass is 35.5. The third kappa shape index (κ3) is 3.98. The molecule has 1 rings (SSSR count). The van der Waals surface area contributed by atoms with Gasteiger partial charge in [-0.2, -0.15) is 0 Å². The van der Waals surface area contributed by atoms with Crippen LogP contribution in [0.1, 0.15) is 20.8 Å². The Morgan fingerprint density at radius 3 is 2.81 bits per heavy atom. The normalized spacial score (nSPS) is 10.6. The number of thiazole rings is 1. The average molecular weight is 262 g/mol. The molecule has 6 heteroatoms. The molecule has 0 aliphatic carbocycles. The second kappa shape index (κ2) is 6.06. The van der Waals surface area contributed by atoms with E-state index in [4.69, 9.17) is 11.6 Å². The van der Waals surface area contributed by atoms with Crippen molar-refractivity contribution in [3.63, 3.8) is 0 Å². The summed E-state index contributed by atoms with van der Waals surface area (Å²) in [5, 5.41) is 5.87. The fourth-order valence-electron chi connectivity index (χ4n) is 1.25. The molecular formula is C10H16ClN3OS. The van der Waals surface area contributed by atoms with Gasteiger partial charge in [0.2, 0.25) is 5.91 Å². The van der Waals surface area contributed by atoms with Gasteiger partial charge in [-0.05, 0) is 20.8 Å². The van der Waals surface area contributed by atoms with Gasteiger partial charge < -0.3 is 10.2 Å². The van der Waals surface area contributed by atoms with Crippen LogP contribution >= 0.6 is 22.9 Å². The van der Waals surface area contributed by atoms with Crippen LogP contribution in [-0.2, 0) is 4.79 Å². The van der Waals surface area contributed by atoms with Crippen molar-refractivity contribution in [1.29, 1.82) is 0 Å². The van der Waals surface area contributed by atoms with Crippen LogP contribution < -0.4 is 10.2 Å². The molecule has 1 aromatic rings. The summed E-state index contributed by atoms with van der Waals surface area (Å²) in [6.45, 7) is 6.91. The van der Waals surface area contributed by atoms with Crippen molar-refractivity contribution < 1.29 is 4.79 Å². The largest absolute Gasteiger partial charge is 0.352 e. The quantitative estimate of drug-likeness (QED) is 0.883. The van der Waals surface area contributed by atoms with Gasteiger partial charge in [-0.3, -0.25) is 4.79 Å². The summed E-state index contributed by atoms with van der Waals surface area (Å²) < 4.78 is 0. The molecule has 0 bridgehead atoms. The van der Waals surface area contributed by atoms with Gasteiger partial charge in [-0.15, -0.1) is 11.3 Å². The first-order valence-electron chi connectivity index (χ1n) is 5.18. The number of nitrogens with one attached hydrogen (secondary N) is 1. The number of rotatable bonds is 5. The van der Waals surface area contributed by atoms with Crippen molar-refractivity contribution in [2.45, 2.75) is 26.8 Å². The number of nitrogens with zero attached hydrogens (tertiary/aromatic N) is 2. The highest BCUT2D eigenvalue weighted by molar-refractivity contribution is 7.14. The molecule has 0 unspecified atom stereocenters. The van der Waals surface area contributed by atoms with Crippen LogP contribution in [0, 0.1) is 0 Å². The molecule has 0 saturated heterocycles. The Morgan fingerprint density at radius 1 is 1.69 bits per heavy atom. The number of hydrogen-bond donors (Lipinski definition) is 1. The van der Waals surface area contributed by atoms with Crippen LogP contribution in [0.4, 0.5) is 5.13 Å². The third-order valence-corrected chi connectivity index (χ3v) is 3.12. The molecular weight excluding hydrogens is 246 g/mol. The summed E-state index contributed by atoms with van der Waals surface area (Å²) in [6.07, 6.45) is 0. The van der Waals surface area contributed by atoms with Crippen molar-refractivity contribution in [1.82, 2.24) is 10.3 Å². The number of anilines is 1. The van der Waals surface area contributed by atoms with Crippen molar-refractivity contribution in [2.75, 3.05) is 18.0 Å². The molecule has 16 heavy (non-hydrogen) atoms. The van der Waals surface area contributed by atoms with Crippen LogP contribution in [0.25, 0.3) is 0 Å². The van der Waals surface area contributed by atoms with Gasteiger partial charge in [0.15, 0.2) is 5.13 Å². The van der Waals surface area contributed by atoms with E-state index in [0.717, 1.165) is 11.7 Å². The van der Waals surface area contributed by atoms with Crippen LogP contribution in [0.3, 0.4) is 0 Å². The van der Waals surface area contributed by atoms with E-state index in [0.29, 0.717) is 11.7 Å². The summed E-state index contributed by atoms with van der Waals surface area (Å²) in [5.41, 5.74) is 0. The van der Waals surface area contributed by atoms with E-state index < -0.39 is 0 Å². The second-order valence-corrected chi connectivity index (χ2v) is 4.91. The van der Waals surface area contributed by atoms with Crippen LogP contribution in [-0.4, -0.2) is 30.0 Å². The summed E-state index contributed by atoms with van der Waals surface area (Å²) in [4.78, 5) is 17.6. The number of likely N-dealkylation sites (N-methyl/N-ethyl adjacent to an activating group) is 1. The molecule has 1 aromatic heterocycles. The van der Waals surface area contributed by atoms with E-state index in [2.05, 4.69) is 10.3 Å². The number of amides is 1. The molecule has 0 aliphatic rings. The molecule has 0 saturated carbocycles. The fourth-order valence-corrected chi connectivity index (χ4v) is 2.26. The Hall–Kier alpha value is -0.810. The highest BCUT2D eigenvalue weighted by Gasteiger charge is 2.13. The molecule has 0 aromatic carbocycles. The van der Waals surface area contributed by atoms with E-state index in [1.165, 1.54) is 11.3 Å². The molecule has 0 aliphatic heterocycles. The minimum Gasteiger partial charge on any atom is -0.352 e. The minimum absolute atomic E-state index is 0.00294. The van der Waals surface area contributed by atoms with E-state index in [1.54, 1.807) is 5.38 Å². The van der Waals surface area contributed by atoms with Crippen LogP contribution in [0.15, 0.2) is 5.38 Å². The minimum atomic E-state index is 0.00294. The Morgan fingerprint density at radius 2 is 2.38 bits per heavy atom. The maximum atomic E-state index is 11.6. The molecule has 0 radical (unpaired) electrons. The van der Waals surface area contributed by atoms with E-state index >= 15 is 0 Å². The van der Waals surface area contributed by atoms with Gasteiger partial charge in [0.1, 0.15) is 5.15 Å². The van der Waals surface area contributed by atoms with Crippen molar-refractivity contribution in [2.24, 2.45) is 0 Å². The van der Waals surface area contributed by atoms with Gasteiger partial charge >= 0.3 is 0 Å². The Kier molecular flexibility index (Phi) is 5.02. The fraction of sp³-hybridized carbons (Fsp3) is 0.600. The SMILES string of the molecule is CCN(CC(=O)NC(C)C)c1nc(Cl)cs1. The number of carbonyl (C=O) groups excluding carboxylic acids is 1. The number of hydrogen-bond acceptors (Lipinski definition) is 4. The first-order valence-corrected chi connectivity index (χ1v) is 6.44. The summed E-state index contributed by atoms with van der Waals surface area (Å²) in [7, 11) is 0. The zero-order chi connectivity index (χ0) is 12.1. The smallest absolute Gasteiger partial charge is 0.239 e. The van der Waals surface area contributed by atoms with E-state index in [9.17, 15) is 4.79 Å². The molecule has 0 fully saturated rings. The van der Waals surface area contributed by atoms with E-state index in [-0.39, 0.29) is 11.9 Å². The molecule has 1 N–H and O–H groups in total. The first kappa shape index (κ1) is 13.3. The molecule has 90 valence electrons. The number of halogens is 1. The summed E-state index contributed by atoms with van der Waals surface area (Å²) in [5.74, 6) is 0.00294. The lowest BCUT2D eigenvalue weighted by Gasteiger charge is -2.19. The topological polar surface area (TPSA) is 45.2 Å². The average Bonchev–Trinajstić information content (AvgIpc) is 2.60. The summed E-state index contributed by atoms with van der Waals surface area (Å²) in [6, 6.07) is 0.158. The maximum Gasteiger partial charge on any atom is 0.239 e.